The molecule has 11 heteroatoms. The highest BCUT2D eigenvalue weighted by molar-refractivity contribution is 8.84. The van der Waals surface area contributed by atoms with Crippen molar-refractivity contribution in [3.8, 4) is 5.75 Å². The van der Waals surface area contributed by atoms with Gasteiger partial charge in [0.2, 0.25) is 0 Å². The summed E-state index contributed by atoms with van der Waals surface area (Å²) in [4.78, 5) is 44.9. The van der Waals surface area contributed by atoms with E-state index in [9.17, 15) is 29.4 Å². The standard InChI is InChI=1S/C16H18O9S2/c1-25-10-4-2-9(3-5-10)8-27(12(16(23)24)7-14(19)20)26-11(15(21)22)6-13(17)18/h2-5,8,11-12H,6-7H2,1H3,(H,17,18)(H,19,20)(H,21,22)(H,23,24). The number of aliphatic carboxylic acids is 4. The molecular weight excluding hydrogens is 400 g/mol. The van der Waals surface area contributed by atoms with Crippen LogP contribution in [-0.4, -0.2) is 67.3 Å². The van der Waals surface area contributed by atoms with Crippen molar-refractivity contribution in [2.45, 2.75) is 23.3 Å². The average Bonchev–Trinajstić information content (AvgIpc) is 2.58. The molecule has 3 atom stereocenters. The van der Waals surface area contributed by atoms with Crippen LogP contribution >= 0.6 is 20.3 Å². The molecule has 0 aliphatic heterocycles. The molecule has 9 nitrogen and oxygen atoms in total. The number of methoxy groups -OCH3 is 1. The SMILES string of the molecule is COc1ccc(C=S(SC(CC(=O)O)C(=O)O)C(CC(=O)O)C(=O)O)cc1. The quantitative estimate of drug-likeness (QED) is 0.307. The summed E-state index contributed by atoms with van der Waals surface area (Å²) < 4.78 is 5.02. The summed E-state index contributed by atoms with van der Waals surface area (Å²) in [7, 11) is 0.681. The first-order valence-corrected chi connectivity index (χ1v) is 10.2. The van der Waals surface area contributed by atoms with E-state index in [1.54, 1.807) is 24.3 Å². The van der Waals surface area contributed by atoms with Crippen LogP contribution in [0, 0.1) is 0 Å². The van der Waals surface area contributed by atoms with Gasteiger partial charge in [-0.2, -0.15) is 0 Å². The number of carboxylic acid groups (broad SMARTS) is 4. The molecule has 1 rings (SSSR count). The molecule has 0 aliphatic carbocycles. The highest BCUT2D eigenvalue weighted by atomic mass is 33.1. The number of benzene rings is 1. The van der Waals surface area contributed by atoms with E-state index in [1.165, 1.54) is 12.5 Å². The highest BCUT2D eigenvalue weighted by Gasteiger charge is 2.30. The average molecular weight is 418 g/mol. The van der Waals surface area contributed by atoms with Crippen LogP contribution in [0.3, 0.4) is 0 Å². The van der Waals surface area contributed by atoms with Gasteiger partial charge in [-0.25, -0.2) is 0 Å². The molecule has 0 aliphatic rings. The first kappa shape index (κ1) is 22.5. The summed E-state index contributed by atoms with van der Waals surface area (Å²) in [5.74, 6) is -4.98. The summed E-state index contributed by atoms with van der Waals surface area (Å²) in [6, 6.07) is 6.42. The third-order valence-electron chi connectivity index (χ3n) is 3.15. The summed E-state index contributed by atoms with van der Waals surface area (Å²) in [5, 5.41) is 35.1. The van der Waals surface area contributed by atoms with Crippen molar-refractivity contribution in [3.63, 3.8) is 0 Å². The number of carboxylic acids is 4. The normalized spacial score (nSPS) is 14.1. The van der Waals surface area contributed by atoms with E-state index in [-0.39, 0.29) is 0 Å². The third-order valence-corrected chi connectivity index (χ3v) is 7.75. The van der Waals surface area contributed by atoms with Crippen LogP contribution in [0.2, 0.25) is 0 Å². The second-order valence-electron chi connectivity index (χ2n) is 5.17. The fraction of sp³-hybridized carbons (Fsp3) is 0.312. The second kappa shape index (κ2) is 10.6. The Labute approximate surface area is 160 Å². The van der Waals surface area contributed by atoms with Crippen molar-refractivity contribution < 1.29 is 44.3 Å². The van der Waals surface area contributed by atoms with Crippen LogP contribution in [0.1, 0.15) is 18.4 Å². The van der Waals surface area contributed by atoms with Crippen molar-refractivity contribution in [2.24, 2.45) is 0 Å². The predicted molar refractivity (Wildman–Crippen MR) is 101 cm³/mol. The van der Waals surface area contributed by atoms with Gasteiger partial charge in [-0.15, -0.1) is 9.52 Å². The monoisotopic (exact) mass is 418 g/mol. The number of hydrogen-bond donors (Lipinski definition) is 4. The van der Waals surface area contributed by atoms with Crippen LogP contribution in [0.15, 0.2) is 24.3 Å². The molecule has 148 valence electrons. The lowest BCUT2D eigenvalue weighted by molar-refractivity contribution is -0.143. The van der Waals surface area contributed by atoms with Crippen molar-refractivity contribution in [1.29, 1.82) is 0 Å². The first-order chi connectivity index (χ1) is 12.6. The van der Waals surface area contributed by atoms with Gasteiger partial charge in [0, 0.05) is 0 Å². The minimum Gasteiger partial charge on any atom is -0.497 e. The van der Waals surface area contributed by atoms with Crippen molar-refractivity contribution in [3.05, 3.63) is 29.8 Å². The van der Waals surface area contributed by atoms with Gasteiger partial charge in [-0.05, 0) is 23.1 Å². The van der Waals surface area contributed by atoms with E-state index >= 15 is 0 Å². The van der Waals surface area contributed by atoms with E-state index in [0.29, 0.717) is 22.1 Å². The minimum atomic E-state index is -1.42. The fourth-order valence-corrected chi connectivity index (χ4v) is 6.33. The Balaban J connectivity index is 3.32. The number of hydrogen-bond acceptors (Lipinski definition) is 6. The van der Waals surface area contributed by atoms with Gasteiger partial charge in [0.25, 0.3) is 0 Å². The van der Waals surface area contributed by atoms with Crippen molar-refractivity contribution in [2.75, 3.05) is 7.11 Å². The van der Waals surface area contributed by atoms with Crippen LogP contribution in [0.4, 0.5) is 0 Å². The Morgan fingerprint density at radius 1 is 1.00 bits per heavy atom. The lowest BCUT2D eigenvalue weighted by atomic mass is 10.2. The molecule has 27 heavy (non-hydrogen) atoms. The maximum absolute atomic E-state index is 11.6. The molecule has 0 aromatic heterocycles. The number of carbonyl (C=O) groups is 4. The topological polar surface area (TPSA) is 158 Å². The van der Waals surface area contributed by atoms with Crippen LogP contribution in [0.5, 0.6) is 5.75 Å². The number of rotatable bonds is 11. The molecule has 0 radical (unpaired) electrons. The molecule has 0 amide bonds. The van der Waals surface area contributed by atoms with Crippen molar-refractivity contribution in [1.82, 2.24) is 0 Å². The molecule has 1 aromatic carbocycles. The molecule has 0 heterocycles. The fourth-order valence-electron chi connectivity index (χ4n) is 1.88. The zero-order chi connectivity index (χ0) is 20.6. The van der Waals surface area contributed by atoms with Gasteiger partial charge < -0.3 is 25.2 Å². The smallest absolute Gasteiger partial charge is 0.318 e. The molecule has 0 spiro atoms. The molecule has 0 saturated heterocycles. The van der Waals surface area contributed by atoms with Crippen LogP contribution in [-0.2, 0) is 19.2 Å². The predicted octanol–water partition coefficient (Wildman–Crippen LogP) is 1.62. The maximum Gasteiger partial charge on any atom is 0.318 e. The first-order valence-electron chi connectivity index (χ1n) is 7.41. The van der Waals surface area contributed by atoms with Gasteiger partial charge in [-0.1, -0.05) is 22.9 Å². The van der Waals surface area contributed by atoms with Gasteiger partial charge in [-0.3, -0.25) is 19.2 Å². The third kappa shape index (κ3) is 7.71. The highest BCUT2D eigenvalue weighted by Crippen LogP contribution is 2.42. The summed E-state index contributed by atoms with van der Waals surface area (Å²) in [5.41, 5.74) is 0.530. The Kier molecular flexibility index (Phi) is 8.82. The minimum absolute atomic E-state index is 0.530. The second-order valence-corrected chi connectivity index (χ2v) is 9.12. The van der Waals surface area contributed by atoms with Gasteiger partial charge in [0.05, 0.1) is 20.0 Å². The summed E-state index contributed by atoms with van der Waals surface area (Å²) >= 11 is 0. The number of ether oxygens (including phenoxy) is 1. The Bertz CT molecular complexity index is 743. The zero-order valence-corrected chi connectivity index (χ0v) is 15.7. The largest absolute Gasteiger partial charge is 0.497 e. The van der Waals surface area contributed by atoms with Crippen LogP contribution in [0.25, 0.3) is 0 Å². The van der Waals surface area contributed by atoms with E-state index in [2.05, 4.69) is 0 Å². The Hall–Kier alpha value is -2.53. The molecule has 0 fully saturated rings. The van der Waals surface area contributed by atoms with Gasteiger partial charge in [0.15, 0.2) is 0 Å². The lowest BCUT2D eigenvalue weighted by Gasteiger charge is -2.19. The molecular formula is C16H18O9S2. The molecule has 0 bridgehead atoms. The Morgan fingerprint density at radius 2 is 1.56 bits per heavy atom. The maximum atomic E-state index is 11.6. The summed E-state index contributed by atoms with van der Waals surface area (Å²) in [6.07, 6.45) is -1.45. The summed E-state index contributed by atoms with van der Waals surface area (Å²) in [6.45, 7) is 0. The lowest BCUT2D eigenvalue weighted by Crippen LogP contribution is -2.25. The van der Waals surface area contributed by atoms with E-state index in [4.69, 9.17) is 14.9 Å². The Morgan fingerprint density at radius 3 is 1.96 bits per heavy atom. The van der Waals surface area contributed by atoms with Gasteiger partial charge in [0.1, 0.15) is 16.2 Å². The zero-order valence-electron chi connectivity index (χ0n) is 14.1. The molecule has 1 aromatic rings. The van der Waals surface area contributed by atoms with E-state index in [0.717, 1.165) is 0 Å². The van der Waals surface area contributed by atoms with Gasteiger partial charge >= 0.3 is 23.9 Å². The van der Waals surface area contributed by atoms with E-state index < -0.39 is 56.7 Å². The van der Waals surface area contributed by atoms with Crippen molar-refractivity contribution >= 4 is 49.6 Å². The molecule has 3 unspecified atom stereocenters. The van der Waals surface area contributed by atoms with Crippen LogP contribution < -0.4 is 4.74 Å². The molecule has 4 N–H and O–H groups in total. The van der Waals surface area contributed by atoms with E-state index in [1.807, 2.05) is 0 Å². The molecule has 0 saturated carbocycles.